The van der Waals surface area contributed by atoms with Crippen LogP contribution in [0, 0.1) is 0 Å². The zero-order valence-electron chi connectivity index (χ0n) is 18.8. The Hall–Kier alpha value is -3.63. The fraction of sp³-hybridized carbons (Fsp3) is 0.167. The van der Waals surface area contributed by atoms with E-state index < -0.39 is 15.9 Å². The number of aromatic nitrogens is 1. The molecule has 0 fully saturated rings. The highest BCUT2D eigenvalue weighted by Gasteiger charge is 2.15. The van der Waals surface area contributed by atoms with Crippen molar-refractivity contribution >= 4 is 43.2 Å². The molecule has 0 atom stereocenters. The van der Waals surface area contributed by atoms with Crippen LogP contribution in [-0.4, -0.2) is 33.1 Å². The molecule has 0 radical (unpaired) electrons. The summed E-state index contributed by atoms with van der Waals surface area (Å²) in [5.74, 6) is 0.863. The highest BCUT2D eigenvalue weighted by Crippen LogP contribution is 2.27. The van der Waals surface area contributed by atoms with Gasteiger partial charge >= 0.3 is 0 Å². The number of aryl methyl sites for hydroxylation is 1. The van der Waals surface area contributed by atoms with Gasteiger partial charge < -0.3 is 14.0 Å². The van der Waals surface area contributed by atoms with Crippen LogP contribution in [0.1, 0.15) is 17.3 Å². The molecule has 3 aromatic carbocycles. The number of ether oxygens (including phenoxy) is 2. The van der Waals surface area contributed by atoms with Crippen molar-refractivity contribution in [2.24, 2.45) is 4.99 Å². The SMILES string of the molecule is CCn1c(=NC(=O)c2ccc(NS(=O)(=O)c3ccc(OC)cc3)cc2)sc2cccc(OC)c21. The van der Waals surface area contributed by atoms with Gasteiger partial charge in [-0.3, -0.25) is 9.52 Å². The van der Waals surface area contributed by atoms with Gasteiger partial charge in [0.2, 0.25) is 0 Å². The minimum atomic E-state index is -3.78. The minimum absolute atomic E-state index is 0.104. The maximum absolute atomic E-state index is 12.8. The number of sulfonamides is 1. The minimum Gasteiger partial charge on any atom is -0.497 e. The van der Waals surface area contributed by atoms with E-state index in [4.69, 9.17) is 9.47 Å². The molecule has 176 valence electrons. The largest absolute Gasteiger partial charge is 0.497 e. The Morgan fingerprint density at radius 2 is 1.71 bits per heavy atom. The average molecular weight is 498 g/mol. The molecule has 0 bridgehead atoms. The molecule has 0 aliphatic rings. The lowest BCUT2D eigenvalue weighted by atomic mass is 10.2. The number of carbonyl (C=O) groups excluding carboxylic acids is 1. The summed E-state index contributed by atoms with van der Waals surface area (Å²) in [6.07, 6.45) is 0. The van der Waals surface area contributed by atoms with Gasteiger partial charge in [-0.25, -0.2) is 8.42 Å². The van der Waals surface area contributed by atoms with Crippen LogP contribution in [0.2, 0.25) is 0 Å². The molecule has 4 rings (SSSR count). The molecular weight excluding hydrogens is 474 g/mol. The third kappa shape index (κ3) is 4.68. The molecule has 34 heavy (non-hydrogen) atoms. The number of carbonyl (C=O) groups is 1. The van der Waals surface area contributed by atoms with E-state index in [1.54, 1.807) is 31.4 Å². The number of rotatable bonds is 7. The molecule has 0 unspecified atom stereocenters. The van der Waals surface area contributed by atoms with E-state index in [0.717, 1.165) is 16.0 Å². The molecule has 0 aliphatic heterocycles. The van der Waals surface area contributed by atoms with E-state index in [1.807, 2.05) is 29.7 Å². The molecule has 4 aromatic rings. The highest BCUT2D eigenvalue weighted by molar-refractivity contribution is 7.92. The Labute approximate surface area is 201 Å². The maximum Gasteiger partial charge on any atom is 0.279 e. The van der Waals surface area contributed by atoms with E-state index in [2.05, 4.69) is 9.71 Å². The molecule has 1 heterocycles. The van der Waals surface area contributed by atoms with E-state index in [9.17, 15) is 13.2 Å². The molecule has 1 amide bonds. The number of thiazole rings is 1. The number of para-hydroxylation sites is 1. The van der Waals surface area contributed by atoms with Crippen LogP contribution >= 0.6 is 11.3 Å². The summed E-state index contributed by atoms with van der Waals surface area (Å²) in [6, 6.07) is 18.0. The number of amides is 1. The molecule has 0 spiro atoms. The summed E-state index contributed by atoms with van der Waals surface area (Å²) < 4.78 is 41.2. The Balaban J connectivity index is 1.59. The second-order valence-electron chi connectivity index (χ2n) is 7.21. The first-order valence-electron chi connectivity index (χ1n) is 10.4. The lowest BCUT2D eigenvalue weighted by Gasteiger charge is -2.09. The van der Waals surface area contributed by atoms with Gasteiger partial charge in [-0.1, -0.05) is 17.4 Å². The number of hydrogen-bond donors (Lipinski definition) is 1. The van der Waals surface area contributed by atoms with E-state index in [0.29, 0.717) is 28.3 Å². The summed E-state index contributed by atoms with van der Waals surface area (Å²) >= 11 is 1.41. The van der Waals surface area contributed by atoms with Crippen molar-refractivity contribution in [3.05, 3.63) is 77.1 Å². The van der Waals surface area contributed by atoms with Gasteiger partial charge in [-0.05, 0) is 67.6 Å². The van der Waals surface area contributed by atoms with Crippen LogP contribution in [0.25, 0.3) is 10.2 Å². The third-order valence-corrected chi connectivity index (χ3v) is 7.59. The van der Waals surface area contributed by atoms with Crippen LogP contribution in [0.4, 0.5) is 5.69 Å². The Morgan fingerprint density at radius 3 is 2.32 bits per heavy atom. The predicted molar refractivity (Wildman–Crippen MR) is 132 cm³/mol. The molecule has 10 heteroatoms. The number of fused-ring (bicyclic) bond motifs is 1. The van der Waals surface area contributed by atoms with Crippen LogP contribution < -0.4 is 19.0 Å². The zero-order chi connectivity index (χ0) is 24.3. The number of hydrogen-bond acceptors (Lipinski definition) is 6. The summed E-state index contributed by atoms with van der Waals surface area (Å²) in [5.41, 5.74) is 1.58. The lowest BCUT2D eigenvalue weighted by Crippen LogP contribution is -2.16. The first-order valence-corrected chi connectivity index (χ1v) is 12.7. The van der Waals surface area contributed by atoms with Crippen molar-refractivity contribution < 1.29 is 22.7 Å². The third-order valence-electron chi connectivity index (χ3n) is 5.15. The van der Waals surface area contributed by atoms with Crippen LogP contribution in [-0.2, 0) is 16.6 Å². The topological polar surface area (TPSA) is 99.0 Å². The molecule has 8 nitrogen and oxygen atoms in total. The smallest absolute Gasteiger partial charge is 0.279 e. The number of anilines is 1. The lowest BCUT2D eigenvalue weighted by molar-refractivity contribution is 0.0998. The van der Waals surface area contributed by atoms with Gasteiger partial charge in [-0.2, -0.15) is 4.99 Å². The normalized spacial score (nSPS) is 12.0. The van der Waals surface area contributed by atoms with Gasteiger partial charge in [0.1, 0.15) is 17.0 Å². The van der Waals surface area contributed by atoms with Crippen molar-refractivity contribution in [3.63, 3.8) is 0 Å². The van der Waals surface area contributed by atoms with Crippen molar-refractivity contribution in [2.45, 2.75) is 18.4 Å². The predicted octanol–water partition coefficient (Wildman–Crippen LogP) is 4.28. The van der Waals surface area contributed by atoms with Crippen molar-refractivity contribution in [1.82, 2.24) is 4.57 Å². The number of benzene rings is 3. The zero-order valence-corrected chi connectivity index (χ0v) is 20.4. The Bertz CT molecular complexity index is 1500. The summed E-state index contributed by atoms with van der Waals surface area (Å²) in [7, 11) is -0.658. The van der Waals surface area contributed by atoms with Gasteiger partial charge in [0, 0.05) is 17.8 Å². The Morgan fingerprint density at radius 1 is 1.00 bits per heavy atom. The maximum atomic E-state index is 12.8. The van der Waals surface area contributed by atoms with Gasteiger partial charge in [0.25, 0.3) is 15.9 Å². The second-order valence-corrected chi connectivity index (χ2v) is 9.90. The first kappa shape index (κ1) is 23.5. The van der Waals surface area contributed by atoms with Crippen molar-refractivity contribution in [1.29, 1.82) is 0 Å². The molecule has 1 aromatic heterocycles. The fourth-order valence-electron chi connectivity index (χ4n) is 3.44. The quantitative estimate of drug-likeness (QED) is 0.411. The van der Waals surface area contributed by atoms with Gasteiger partial charge in [0.05, 0.1) is 23.8 Å². The van der Waals surface area contributed by atoms with E-state index in [1.165, 1.54) is 42.7 Å². The molecular formula is C24H23N3O5S2. The van der Waals surface area contributed by atoms with Crippen LogP contribution in [0.15, 0.2) is 76.6 Å². The summed E-state index contributed by atoms with van der Waals surface area (Å²) in [4.78, 5) is 17.8. The van der Waals surface area contributed by atoms with Crippen LogP contribution in [0.3, 0.4) is 0 Å². The highest BCUT2D eigenvalue weighted by atomic mass is 32.2. The first-order chi connectivity index (χ1) is 16.4. The van der Waals surface area contributed by atoms with Crippen LogP contribution in [0.5, 0.6) is 11.5 Å². The number of methoxy groups -OCH3 is 2. The molecule has 1 N–H and O–H groups in total. The van der Waals surface area contributed by atoms with Gasteiger partial charge in [0.15, 0.2) is 4.80 Å². The number of nitrogens with one attached hydrogen (secondary N) is 1. The fourth-order valence-corrected chi connectivity index (χ4v) is 5.61. The Kier molecular flexibility index (Phi) is 6.71. The molecule has 0 aliphatic carbocycles. The van der Waals surface area contributed by atoms with E-state index >= 15 is 0 Å². The molecule has 0 saturated heterocycles. The molecule has 0 saturated carbocycles. The summed E-state index contributed by atoms with van der Waals surface area (Å²) in [6.45, 7) is 2.60. The summed E-state index contributed by atoms with van der Waals surface area (Å²) in [5, 5.41) is 0. The average Bonchev–Trinajstić information content (AvgIpc) is 3.21. The van der Waals surface area contributed by atoms with E-state index in [-0.39, 0.29) is 4.90 Å². The van der Waals surface area contributed by atoms with Crippen molar-refractivity contribution in [2.75, 3.05) is 18.9 Å². The van der Waals surface area contributed by atoms with Crippen molar-refractivity contribution in [3.8, 4) is 11.5 Å². The second kappa shape index (κ2) is 9.70. The standard InChI is InChI=1S/C24H23N3O5S2/c1-4-27-22-20(32-3)6-5-7-21(22)33-24(27)25-23(28)16-8-10-17(11-9-16)26-34(29,30)19-14-12-18(31-2)13-15-19/h5-15,26H,4H2,1-3H3. The van der Waals surface area contributed by atoms with Gasteiger partial charge in [-0.15, -0.1) is 0 Å². The monoisotopic (exact) mass is 497 g/mol. The number of nitrogens with zero attached hydrogens (tertiary/aromatic N) is 2.